The van der Waals surface area contributed by atoms with Crippen molar-refractivity contribution in [2.24, 2.45) is 0 Å². The Morgan fingerprint density at radius 1 is 1.38 bits per heavy atom. The topological polar surface area (TPSA) is 54.3 Å². The summed E-state index contributed by atoms with van der Waals surface area (Å²) in [6.45, 7) is 8.86. The number of halogens is 1. The Morgan fingerprint density at radius 3 is 2.52 bits per heavy atom. The van der Waals surface area contributed by atoms with Crippen LogP contribution in [0, 0.1) is 11.3 Å². The maximum absolute atomic E-state index is 9.00. The van der Waals surface area contributed by atoms with E-state index in [2.05, 4.69) is 32.2 Å². The summed E-state index contributed by atoms with van der Waals surface area (Å²) < 4.78 is 11.0. The largest absolute Gasteiger partial charge is 0.493 e. The lowest BCUT2D eigenvalue weighted by Crippen LogP contribution is -2.35. The van der Waals surface area contributed by atoms with E-state index in [0.29, 0.717) is 29.5 Å². The fourth-order valence-electron chi connectivity index (χ4n) is 1.70. The van der Waals surface area contributed by atoms with Crippen molar-refractivity contribution in [2.75, 3.05) is 7.11 Å². The highest BCUT2D eigenvalue weighted by Crippen LogP contribution is 2.37. The van der Waals surface area contributed by atoms with Crippen molar-refractivity contribution >= 4 is 11.6 Å². The van der Waals surface area contributed by atoms with Crippen molar-refractivity contribution in [3.63, 3.8) is 0 Å². The van der Waals surface area contributed by atoms with E-state index in [-0.39, 0.29) is 5.54 Å². The Bertz CT molecular complexity index is 518. The third kappa shape index (κ3) is 5.45. The van der Waals surface area contributed by atoms with Gasteiger partial charge < -0.3 is 14.8 Å². The highest BCUT2D eigenvalue weighted by atomic mass is 35.5. The van der Waals surface area contributed by atoms with E-state index < -0.39 is 6.10 Å². The molecule has 1 aromatic rings. The first-order chi connectivity index (χ1) is 9.80. The summed E-state index contributed by atoms with van der Waals surface area (Å²) in [6, 6.07) is 5.80. The summed E-state index contributed by atoms with van der Waals surface area (Å²) in [5.41, 5.74) is 1.02. The molecule has 4 nitrogen and oxygen atoms in total. The Hall–Kier alpha value is -1.44. The standard InChI is InChI=1S/C16H23ClN2O2/c1-6-12(9-18)21-15-13(17)7-11(8-14(15)20-5)10-19-16(2,3)4/h7-8,12,19H,6,10H2,1-5H3. The third-order valence-corrected chi connectivity index (χ3v) is 3.17. The van der Waals surface area contributed by atoms with Crippen LogP contribution in [-0.4, -0.2) is 18.8 Å². The van der Waals surface area contributed by atoms with Crippen molar-refractivity contribution in [1.29, 1.82) is 5.26 Å². The molecular formula is C16H23ClN2O2. The summed E-state index contributed by atoms with van der Waals surface area (Å²) in [6.07, 6.45) is 0.0542. The molecular weight excluding hydrogens is 288 g/mol. The van der Waals surface area contributed by atoms with Crippen LogP contribution in [0.15, 0.2) is 12.1 Å². The zero-order chi connectivity index (χ0) is 16.0. The molecule has 0 aliphatic rings. The van der Waals surface area contributed by atoms with Crippen LogP contribution >= 0.6 is 11.6 Å². The monoisotopic (exact) mass is 310 g/mol. The second-order valence-electron chi connectivity index (χ2n) is 5.86. The van der Waals surface area contributed by atoms with Crippen LogP contribution in [0.5, 0.6) is 11.5 Å². The van der Waals surface area contributed by atoms with Crippen LogP contribution in [0.2, 0.25) is 5.02 Å². The van der Waals surface area contributed by atoms with Crippen LogP contribution in [-0.2, 0) is 6.54 Å². The maximum atomic E-state index is 9.00. The molecule has 0 bridgehead atoms. The average Bonchev–Trinajstić information content (AvgIpc) is 2.42. The Labute approximate surface area is 132 Å². The minimum atomic E-state index is -0.532. The van der Waals surface area contributed by atoms with Crippen molar-refractivity contribution in [3.8, 4) is 17.6 Å². The molecule has 0 aliphatic carbocycles. The first-order valence-electron chi connectivity index (χ1n) is 6.98. The molecule has 1 atom stereocenters. The molecule has 0 amide bonds. The van der Waals surface area contributed by atoms with E-state index in [9.17, 15) is 0 Å². The van der Waals surface area contributed by atoms with Crippen molar-refractivity contribution in [2.45, 2.75) is 52.3 Å². The third-order valence-electron chi connectivity index (χ3n) is 2.89. The number of nitriles is 1. The molecule has 0 saturated heterocycles. The lowest BCUT2D eigenvalue weighted by atomic mass is 10.1. The van der Waals surface area contributed by atoms with Gasteiger partial charge in [-0.2, -0.15) is 5.26 Å². The van der Waals surface area contributed by atoms with Gasteiger partial charge in [-0.3, -0.25) is 0 Å². The van der Waals surface area contributed by atoms with Gasteiger partial charge in [-0.1, -0.05) is 18.5 Å². The Kier molecular flexibility index (Phi) is 6.32. The van der Waals surface area contributed by atoms with Gasteiger partial charge in [0.05, 0.1) is 12.1 Å². The minimum Gasteiger partial charge on any atom is -0.493 e. The molecule has 0 radical (unpaired) electrons. The molecule has 1 rings (SSSR count). The highest BCUT2D eigenvalue weighted by molar-refractivity contribution is 6.32. The molecule has 0 fully saturated rings. The molecule has 5 heteroatoms. The number of methoxy groups -OCH3 is 1. The van der Waals surface area contributed by atoms with Gasteiger partial charge in [-0.15, -0.1) is 0 Å². The van der Waals surface area contributed by atoms with Crippen LogP contribution in [0.1, 0.15) is 39.7 Å². The van der Waals surface area contributed by atoms with Gasteiger partial charge in [0.1, 0.15) is 6.07 Å². The maximum Gasteiger partial charge on any atom is 0.184 e. The van der Waals surface area contributed by atoms with E-state index in [1.165, 1.54) is 0 Å². The predicted molar refractivity (Wildman–Crippen MR) is 84.9 cm³/mol. The first-order valence-corrected chi connectivity index (χ1v) is 7.36. The molecule has 0 aromatic heterocycles. The van der Waals surface area contributed by atoms with E-state index in [4.69, 9.17) is 26.3 Å². The van der Waals surface area contributed by atoms with Crippen molar-refractivity contribution < 1.29 is 9.47 Å². The second kappa shape index (κ2) is 7.53. The van der Waals surface area contributed by atoms with Crippen LogP contribution < -0.4 is 14.8 Å². The molecule has 0 saturated carbocycles. The van der Waals surface area contributed by atoms with E-state index in [1.54, 1.807) is 7.11 Å². The fourth-order valence-corrected chi connectivity index (χ4v) is 1.98. The molecule has 0 aliphatic heterocycles. The van der Waals surface area contributed by atoms with Crippen molar-refractivity contribution in [1.82, 2.24) is 5.32 Å². The van der Waals surface area contributed by atoms with Crippen molar-refractivity contribution in [3.05, 3.63) is 22.7 Å². The van der Waals surface area contributed by atoms with E-state index >= 15 is 0 Å². The SMILES string of the molecule is CCC(C#N)Oc1c(Cl)cc(CNC(C)(C)C)cc1OC. The quantitative estimate of drug-likeness (QED) is 0.865. The van der Waals surface area contributed by atoms with Gasteiger partial charge in [0.25, 0.3) is 0 Å². The van der Waals surface area contributed by atoms with Gasteiger partial charge in [0.2, 0.25) is 0 Å². The molecule has 1 unspecified atom stereocenters. The Balaban J connectivity index is 3.00. The minimum absolute atomic E-state index is 0.0169. The van der Waals surface area contributed by atoms with Crippen LogP contribution in [0.3, 0.4) is 0 Å². The number of ether oxygens (including phenoxy) is 2. The zero-order valence-electron chi connectivity index (χ0n) is 13.3. The highest BCUT2D eigenvalue weighted by Gasteiger charge is 2.17. The molecule has 116 valence electrons. The summed E-state index contributed by atoms with van der Waals surface area (Å²) in [7, 11) is 1.56. The van der Waals surface area contributed by atoms with Crippen LogP contribution in [0.25, 0.3) is 0 Å². The summed E-state index contributed by atoms with van der Waals surface area (Å²) in [5.74, 6) is 0.967. The second-order valence-corrected chi connectivity index (χ2v) is 6.26. The van der Waals surface area contributed by atoms with E-state index in [0.717, 1.165) is 5.56 Å². The summed E-state index contributed by atoms with van der Waals surface area (Å²) >= 11 is 6.28. The molecule has 0 spiro atoms. The predicted octanol–water partition coefficient (Wildman–Crippen LogP) is 3.92. The lowest BCUT2D eigenvalue weighted by molar-refractivity contribution is 0.239. The smallest absolute Gasteiger partial charge is 0.184 e. The van der Waals surface area contributed by atoms with Crippen LogP contribution in [0.4, 0.5) is 0 Å². The van der Waals surface area contributed by atoms with Gasteiger partial charge >= 0.3 is 0 Å². The summed E-state index contributed by atoms with van der Waals surface area (Å²) in [4.78, 5) is 0. The number of nitrogens with zero attached hydrogens (tertiary/aromatic N) is 1. The van der Waals surface area contributed by atoms with E-state index in [1.807, 2.05) is 19.1 Å². The number of nitrogens with one attached hydrogen (secondary N) is 1. The molecule has 21 heavy (non-hydrogen) atoms. The number of hydrogen-bond acceptors (Lipinski definition) is 4. The molecule has 1 aromatic carbocycles. The lowest BCUT2D eigenvalue weighted by Gasteiger charge is -2.21. The summed E-state index contributed by atoms with van der Waals surface area (Å²) in [5, 5.41) is 12.8. The number of benzene rings is 1. The Morgan fingerprint density at radius 2 is 2.05 bits per heavy atom. The van der Waals surface area contributed by atoms with Gasteiger partial charge in [0.15, 0.2) is 17.6 Å². The fraction of sp³-hybridized carbons (Fsp3) is 0.562. The number of rotatable bonds is 6. The zero-order valence-corrected chi connectivity index (χ0v) is 14.0. The van der Waals surface area contributed by atoms with Gasteiger partial charge in [0, 0.05) is 12.1 Å². The van der Waals surface area contributed by atoms with Gasteiger partial charge in [-0.25, -0.2) is 0 Å². The number of hydrogen-bond donors (Lipinski definition) is 1. The molecule has 0 heterocycles. The first kappa shape index (κ1) is 17.6. The normalized spacial score (nSPS) is 12.6. The van der Waals surface area contributed by atoms with Gasteiger partial charge in [-0.05, 0) is 44.9 Å². The average molecular weight is 311 g/mol. The molecule has 1 N–H and O–H groups in total.